The number of amides is 2. The molecule has 1 aliphatic rings. The summed E-state index contributed by atoms with van der Waals surface area (Å²) in [7, 11) is 0. The smallest absolute Gasteiger partial charge is 0.358 e. The van der Waals surface area contributed by atoms with Crippen LogP contribution in [-0.2, 0) is 4.74 Å². The highest BCUT2D eigenvalue weighted by Gasteiger charge is 2.18. The second kappa shape index (κ2) is 7.16. The van der Waals surface area contributed by atoms with E-state index in [0.29, 0.717) is 12.3 Å². The molecule has 1 aromatic carbocycles. The minimum atomic E-state index is -0.449. The van der Waals surface area contributed by atoms with Gasteiger partial charge in [-0.15, -0.1) is 0 Å². The van der Waals surface area contributed by atoms with Crippen LogP contribution in [0.3, 0.4) is 0 Å². The maximum absolute atomic E-state index is 12.2. The van der Waals surface area contributed by atoms with Gasteiger partial charge in [0.1, 0.15) is 0 Å². The molecule has 0 aliphatic carbocycles. The number of carbonyl (C=O) groups excluding carboxylic acids is 2. The third-order valence-corrected chi connectivity index (χ3v) is 3.83. The lowest BCUT2D eigenvalue weighted by molar-refractivity contribution is 0.0519. The fraction of sp³-hybridized carbons (Fsp3) is 0.353. The van der Waals surface area contributed by atoms with Crippen LogP contribution < -0.4 is 5.32 Å². The van der Waals surface area contributed by atoms with Crippen molar-refractivity contribution < 1.29 is 14.3 Å². The van der Waals surface area contributed by atoms with Crippen molar-refractivity contribution in [1.82, 2.24) is 14.7 Å². The highest BCUT2D eigenvalue weighted by atomic mass is 16.5. The van der Waals surface area contributed by atoms with Crippen LogP contribution >= 0.6 is 0 Å². The zero-order valence-electron chi connectivity index (χ0n) is 13.6. The largest absolute Gasteiger partial charge is 0.461 e. The molecule has 126 valence electrons. The van der Waals surface area contributed by atoms with Gasteiger partial charge in [0.15, 0.2) is 5.69 Å². The van der Waals surface area contributed by atoms with Crippen LogP contribution in [0.1, 0.15) is 30.3 Å². The molecule has 1 N–H and O–H groups in total. The average molecular weight is 328 g/mol. The molecule has 0 atom stereocenters. The molecule has 0 unspecified atom stereocenters. The average Bonchev–Trinajstić information content (AvgIpc) is 3.27. The summed E-state index contributed by atoms with van der Waals surface area (Å²) in [5.74, 6) is -0.449. The predicted molar refractivity (Wildman–Crippen MR) is 89.3 cm³/mol. The van der Waals surface area contributed by atoms with Crippen LogP contribution in [0.25, 0.3) is 5.69 Å². The lowest BCUT2D eigenvalue weighted by Gasteiger charge is -2.16. The third kappa shape index (κ3) is 3.56. The van der Waals surface area contributed by atoms with Crippen LogP contribution in [0, 0.1) is 0 Å². The van der Waals surface area contributed by atoms with Crippen LogP contribution in [0.2, 0.25) is 0 Å². The number of aromatic nitrogens is 2. The highest BCUT2D eigenvalue weighted by molar-refractivity contribution is 5.90. The van der Waals surface area contributed by atoms with Crippen molar-refractivity contribution in [1.29, 1.82) is 0 Å². The maximum Gasteiger partial charge on any atom is 0.358 e. The van der Waals surface area contributed by atoms with Gasteiger partial charge in [-0.05, 0) is 44.0 Å². The molecule has 3 rings (SSSR count). The van der Waals surface area contributed by atoms with Gasteiger partial charge in [0.05, 0.1) is 12.3 Å². The van der Waals surface area contributed by atoms with Gasteiger partial charge >= 0.3 is 12.0 Å². The van der Waals surface area contributed by atoms with Gasteiger partial charge in [0.25, 0.3) is 0 Å². The quantitative estimate of drug-likeness (QED) is 0.876. The normalized spacial score (nSPS) is 13.8. The molecule has 0 saturated carbocycles. The van der Waals surface area contributed by atoms with Crippen molar-refractivity contribution in [2.24, 2.45) is 0 Å². The molecular formula is C17H20N4O3. The lowest BCUT2D eigenvalue weighted by atomic mass is 10.3. The molecule has 2 amide bonds. The Hall–Kier alpha value is -2.83. The Bertz CT molecular complexity index is 735. The first kappa shape index (κ1) is 16.0. The molecule has 1 aromatic heterocycles. The zero-order chi connectivity index (χ0) is 16.9. The summed E-state index contributed by atoms with van der Waals surface area (Å²) in [4.78, 5) is 25.7. The number of rotatable bonds is 4. The van der Waals surface area contributed by atoms with E-state index < -0.39 is 5.97 Å². The molecular weight excluding hydrogens is 308 g/mol. The molecule has 0 radical (unpaired) electrons. The molecule has 24 heavy (non-hydrogen) atoms. The van der Waals surface area contributed by atoms with Gasteiger partial charge in [-0.2, -0.15) is 5.10 Å². The maximum atomic E-state index is 12.2. The first-order valence-corrected chi connectivity index (χ1v) is 8.06. The first-order chi connectivity index (χ1) is 11.7. The van der Waals surface area contributed by atoms with E-state index in [1.807, 2.05) is 24.3 Å². The van der Waals surface area contributed by atoms with E-state index in [1.165, 1.54) is 0 Å². The summed E-state index contributed by atoms with van der Waals surface area (Å²) in [6.07, 6.45) is 3.79. The monoisotopic (exact) mass is 328 g/mol. The van der Waals surface area contributed by atoms with Crippen molar-refractivity contribution in [3.05, 3.63) is 42.2 Å². The number of urea groups is 1. The standard InChI is InChI=1S/C17H20N4O3/c1-2-24-16(22)15-8-11-21(19-15)14-7-5-6-13(12-14)18-17(23)20-9-3-4-10-20/h5-8,11-12H,2-4,9-10H2,1H3,(H,18,23). The van der Waals surface area contributed by atoms with Crippen LogP contribution in [0.4, 0.5) is 10.5 Å². The molecule has 7 heteroatoms. The molecule has 1 aliphatic heterocycles. The number of benzene rings is 1. The van der Waals surface area contributed by atoms with Crippen LogP contribution in [0.5, 0.6) is 0 Å². The molecule has 1 fully saturated rings. The van der Waals surface area contributed by atoms with E-state index in [1.54, 1.807) is 28.8 Å². The van der Waals surface area contributed by atoms with Gasteiger partial charge < -0.3 is 15.0 Å². The summed E-state index contributed by atoms with van der Waals surface area (Å²) in [6.45, 7) is 3.66. The topological polar surface area (TPSA) is 76.5 Å². The molecule has 1 saturated heterocycles. The van der Waals surface area contributed by atoms with E-state index in [0.717, 1.165) is 31.6 Å². The van der Waals surface area contributed by atoms with Gasteiger partial charge in [0.2, 0.25) is 0 Å². The summed E-state index contributed by atoms with van der Waals surface area (Å²) in [6, 6.07) is 8.85. The molecule has 2 heterocycles. The van der Waals surface area contributed by atoms with Gasteiger partial charge in [0, 0.05) is 25.0 Å². The van der Waals surface area contributed by atoms with Crippen LogP contribution in [0.15, 0.2) is 36.5 Å². The number of carbonyl (C=O) groups is 2. The number of anilines is 1. The second-order valence-electron chi connectivity index (χ2n) is 5.54. The summed E-state index contributed by atoms with van der Waals surface area (Å²) in [5.41, 5.74) is 1.70. The van der Waals surface area contributed by atoms with Gasteiger partial charge in [-0.1, -0.05) is 6.07 Å². The Kier molecular flexibility index (Phi) is 4.79. The molecule has 7 nitrogen and oxygen atoms in total. The lowest BCUT2D eigenvalue weighted by Crippen LogP contribution is -2.32. The highest BCUT2D eigenvalue weighted by Crippen LogP contribution is 2.16. The van der Waals surface area contributed by atoms with Crippen molar-refractivity contribution >= 4 is 17.7 Å². The van der Waals surface area contributed by atoms with Gasteiger partial charge in [-0.25, -0.2) is 14.3 Å². The number of nitrogens with zero attached hydrogens (tertiary/aromatic N) is 3. The fourth-order valence-electron chi connectivity index (χ4n) is 2.63. The number of ether oxygens (including phenoxy) is 1. The third-order valence-electron chi connectivity index (χ3n) is 3.83. The minimum absolute atomic E-state index is 0.0858. The summed E-state index contributed by atoms with van der Waals surface area (Å²) >= 11 is 0. The summed E-state index contributed by atoms with van der Waals surface area (Å²) < 4.78 is 6.51. The second-order valence-corrected chi connectivity index (χ2v) is 5.54. The SMILES string of the molecule is CCOC(=O)c1ccn(-c2cccc(NC(=O)N3CCCC3)c2)n1. The Labute approximate surface area is 140 Å². The number of hydrogen-bond acceptors (Lipinski definition) is 4. The predicted octanol–water partition coefficient (Wildman–Crippen LogP) is 2.68. The number of nitrogens with one attached hydrogen (secondary N) is 1. The molecule has 0 bridgehead atoms. The molecule has 0 spiro atoms. The fourth-order valence-corrected chi connectivity index (χ4v) is 2.63. The van der Waals surface area contributed by atoms with Gasteiger partial charge in [-0.3, -0.25) is 0 Å². The van der Waals surface area contributed by atoms with E-state index in [4.69, 9.17) is 4.74 Å². The number of esters is 1. The number of likely N-dealkylation sites (tertiary alicyclic amines) is 1. The van der Waals surface area contributed by atoms with Crippen molar-refractivity contribution in [3.8, 4) is 5.69 Å². The van der Waals surface area contributed by atoms with E-state index in [2.05, 4.69) is 10.4 Å². The van der Waals surface area contributed by atoms with E-state index in [9.17, 15) is 9.59 Å². The van der Waals surface area contributed by atoms with E-state index >= 15 is 0 Å². The van der Waals surface area contributed by atoms with Crippen LogP contribution in [-0.4, -0.2) is 46.4 Å². The Morgan fingerprint density at radius 2 is 2.04 bits per heavy atom. The van der Waals surface area contributed by atoms with Crippen molar-refractivity contribution in [2.75, 3.05) is 25.0 Å². The minimum Gasteiger partial charge on any atom is -0.461 e. The Morgan fingerprint density at radius 3 is 2.79 bits per heavy atom. The first-order valence-electron chi connectivity index (χ1n) is 8.06. The number of hydrogen-bond donors (Lipinski definition) is 1. The Morgan fingerprint density at radius 1 is 1.25 bits per heavy atom. The van der Waals surface area contributed by atoms with Crippen molar-refractivity contribution in [2.45, 2.75) is 19.8 Å². The van der Waals surface area contributed by atoms with Crippen molar-refractivity contribution in [3.63, 3.8) is 0 Å². The van der Waals surface area contributed by atoms with E-state index in [-0.39, 0.29) is 11.7 Å². The zero-order valence-corrected chi connectivity index (χ0v) is 13.6. The summed E-state index contributed by atoms with van der Waals surface area (Å²) in [5, 5.41) is 7.11. The Balaban J connectivity index is 1.73. The molecule has 2 aromatic rings.